The Morgan fingerprint density at radius 2 is 1.80 bits per heavy atom. The molecule has 2 aromatic carbocycles. The van der Waals surface area contributed by atoms with Crippen molar-refractivity contribution in [2.24, 2.45) is 0 Å². The Labute approximate surface area is 176 Å². The predicted octanol–water partition coefficient (Wildman–Crippen LogP) is 4.56. The highest BCUT2D eigenvalue weighted by molar-refractivity contribution is 5.99. The Hall–Kier alpha value is -3.73. The molecule has 0 saturated heterocycles. The van der Waals surface area contributed by atoms with Crippen LogP contribution in [0, 0.1) is 6.92 Å². The second kappa shape index (κ2) is 8.74. The van der Waals surface area contributed by atoms with Crippen molar-refractivity contribution in [3.8, 4) is 16.9 Å². The van der Waals surface area contributed by atoms with Gasteiger partial charge in [0.05, 0.1) is 11.3 Å². The Morgan fingerprint density at radius 3 is 2.53 bits per heavy atom. The molecule has 0 saturated carbocycles. The number of nitrogens with zero attached hydrogens (tertiary/aromatic N) is 4. The first-order chi connectivity index (χ1) is 14.6. The number of amides is 1. The van der Waals surface area contributed by atoms with Crippen LogP contribution in [-0.2, 0) is 6.42 Å². The molecule has 0 aliphatic rings. The lowest BCUT2D eigenvalue weighted by molar-refractivity contribution is 0.0797. The molecule has 0 N–H and O–H groups in total. The van der Waals surface area contributed by atoms with E-state index in [0.717, 1.165) is 22.5 Å². The third kappa shape index (κ3) is 4.30. The van der Waals surface area contributed by atoms with Crippen molar-refractivity contribution >= 4 is 5.91 Å². The van der Waals surface area contributed by atoms with Crippen LogP contribution in [0.5, 0.6) is 0 Å². The number of aryl methyl sites for hydroxylation is 1. The zero-order valence-electron chi connectivity index (χ0n) is 17.2. The van der Waals surface area contributed by atoms with Gasteiger partial charge in [0, 0.05) is 43.7 Å². The van der Waals surface area contributed by atoms with Gasteiger partial charge in [-0.05, 0) is 37.3 Å². The van der Waals surface area contributed by atoms with E-state index in [0.29, 0.717) is 24.2 Å². The summed E-state index contributed by atoms with van der Waals surface area (Å²) in [6.07, 6.45) is 4.30. The van der Waals surface area contributed by atoms with E-state index >= 15 is 0 Å². The van der Waals surface area contributed by atoms with Gasteiger partial charge in [-0.15, -0.1) is 0 Å². The van der Waals surface area contributed by atoms with Crippen molar-refractivity contribution in [2.45, 2.75) is 13.3 Å². The number of hydrogen-bond donors (Lipinski definition) is 0. The topological polar surface area (TPSA) is 51.0 Å². The lowest BCUT2D eigenvalue weighted by atomic mass is 10.1. The first-order valence-electron chi connectivity index (χ1n) is 9.99. The van der Waals surface area contributed by atoms with Gasteiger partial charge in [0.1, 0.15) is 5.69 Å². The number of rotatable bonds is 6. The molecule has 0 aliphatic heterocycles. The Morgan fingerprint density at radius 1 is 1.00 bits per heavy atom. The van der Waals surface area contributed by atoms with Gasteiger partial charge in [0.15, 0.2) is 0 Å². The van der Waals surface area contributed by atoms with Crippen LogP contribution in [0.4, 0.5) is 0 Å². The summed E-state index contributed by atoms with van der Waals surface area (Å²) in [7, 11) is 1.82. The fraction of sp³-hybridized carbons (Fsp3) is 0.160. The second-order valence-corrected chi connectivity index (χ2v) is 7.34. The molecule has 0 spiro atoms. The summed E-state index contributed by atoms with van der Waals surface area (Å²) in [5, 5.41) is 4.77. The van der Waals surface area contributed by atoms with Crippen LogP contribution in [0.1, 0.15) is 21.6 Å². The fourth-order valence-electron chi connectivity index (χ4n) is 3.38. The van der Waals surface area contributed by atoms with E-state index in [1.54, 1.807) is 15.8 Å². The summed E-state index contributed by atoms with van der Waals surface area (Å²) < 4.78 is 1.78. The number of hydrogen-bond acceptors (Lipinski definition) is 3. The largest absolute Gasteiger partial charge is 0.341 e. The SMILES string of the molecule is Cc1cccc(-c2nn(-c3ccccc3)cc2C(=O)N(C)CCc2ccccn2)c1. The van der Waals surface area contributed by atoms with E-state index in [-0.39, 0.29) is 5.91 Å². The van der Waals surface area contributed by atoms with Crippen LogP contribution in [-0.4, -0.2) is 39.2 Å². The number of likely N-dealkylation sites (N-methyl/N-ethyl adjacent to an activating group) is 1. The minimum absolute atomic E-state index is 0.0513. The lowest BCUT2D eigenvalue weighted by Crippen LogP contribution is -2.29. The minimum Gasteiger partial charge on any atom is -0.341 e. The molecule has 0 aliphatic carbocycles. The second-order valence-electron chi connectivity index (χ2n) is 7.34. The summed E-state index contributed by atoms with van der Waals surface area (Å²) in [4.78, 5) is 19.4. The molecule has 5 heteroatoms. The van der Waals surface area contributed by atoms with Gasteiger partial charge in [0.25, 0.3) is 5.91 Å². The highest BCUT2D eigenvalue weighted by Crippen LogP contribution is 2.25. The quantitative estimate of drug-likeness (QED) is 0.480. The van der Waals surface area contributed by atoms with E-state index < -0.39 is 0 Å². The Balaban J connectivity index is 1.66. The molecule has 150 valence electrons. The van der Waals surface area contributed by atoms with E-state index in [4.69, 9.17) is 5.10 Å². The standard InChI is InChI=1S/C25H24N4O/c1-19-9-8-10-20(17-19)24-23(18-29(27-24)22-12-4-3-5-13-22)25(30)28(2)16-14-21-11-6-7-15-26-21/h3-13,15,17-18H,14,16H2,1-2H3. The van der Waals surface area contributed by atoms with E-state index in [1.807, 2.05) is 86.9 Å². The zero-order valence-corrected chi connectivity index (χ0v) is 17.2. The van der Waals surface area contributed by atoms with Crippen LogP contribution in [0.2, 0.25) is 0 Å². The van der Waals surface area contributed by atoms with Gasteiger partial charge in [-0.2, -0.15) is 5.10 Å². The van der Waals surface area contributed by atoms with Crippen LogP contribution in [0.15, 0.2) is 85.2 Å². The third-order valence-corrected chi connectivity index (χ3v) is 5.03. The van der Waals surface area contributed by atoms with E-state index in [9.17, 15) is 4.79 Å². The van der Waals surface area contributed by atoms with Gasteiger partial charge >= 0.3 is 0 Å². The zero-order chi connectivity index (χ0) is 20.9. The van der Waals surface area contributed by atoms with E-state index in [2.05, 4.69) is 11.1 Å². The molecule has 5 nitrogen and oxygen atoms in total. The van der Waals surface area contributed by atoms with Crippen molar-refractivity contribution in [1.29, 1.82) is 0 Å². The maximum Gasteiger partial charge on any atom is 0.257 e. The maximum atomic E-state index is 13.3. The normalized spacial score (nSPS) is 10.7. The lowest BCUT2D eigenvalue weighted by Gasteiger charge is -2.17. The molecule has 0 bridgehead atoms. The summed E-state index contributed by atoms with van der Waals surface area (Å²) in [5.41, 5.74) is 5.23. The fourth-order valence-corrected chi connectivity index (χ4v) is 3.38. The third-order valence-electron chi connectivity index (χ3n) is 5.03. The van der Waals surface area contributed by atoms with Crippen molar-refractivity contribution in [1.82, 2.24) is 19.7 Å². The van der Waals surface area contributed by atoms with E-state index in [1.165, 1.54) is 0 Å². The number of benzene rings is 2. The molecular weight excluding hydrogens is 372 g/mol. The van der Waals surface area contributed by atoms with Crippen molar-refractivity contribution in [3.05, 3.63) is 102 Å². The number of aromatic nitrogens is 3. The van der Waals surface area contributed by atoms with Crippen LogP contribution >= 0.6 is 0 Å². The van der Waals surface area contributed by atoms with Gasteiger partial charge < -0.3 is 4.90 Å². The van der Waals surface area contributed by atoms with Crippen LogP contribution in [0.3, 0.4) is 0 Å². The highest BCUT2D eigenvalue weighted by Gasteiger charge is 2.21. The van der Waals surface area contributed by atoms with Crippen LogP contribution in [0.25, 0.3) is 16.9 Å². The number of para-hydroxylation sites is 1. The maximum absolute atomic E-state index is 13.3. The van der Waals surface area contributed by atoms with Gasteiger partial charge in [-0.3, -0.25) is 9.78 Å². The molecule has 4 rings (SSSR count). The molecular formula is C25H24N4O. The minimum atomic E-state index is -0.0513. The monoisotopic (exact) mass is 396 g/mol. The van der Waals surface area contributed by atoms with Gasteiger partial charge in [-0.25, -0.2) is 4.68 Å². The Bertz CT molecular complexity index is 1140. The summed E-state index contributed by atoms with van der Waals surface area (Å²) in [6.45, 7) is 2.62. The van der Waals surface area contributed by atoms with Gasteiger partial charge in [0.2, 0.25) is 0 Å². The van der Waals surface area contributed by atoms with Gasteiger partial charge in [-0.1, -0.05) is 48.0 Å². The molecule has 1 amide bonds. The van der Waals surface area contributed by atoms with Crippen LogP contribution < -0.4 is 0 Å². The summed E-state index contributed by atoms with van der Waals surface area (Å²) in [5.74, 6) is -0.0513. The molecule has 0 fully saturated rings. The molecule has 2 heterocycles. The first kappa shape index (κ1) is 19.6. The van der Waals surface area contributed by atoms with Crippen molar-refractivity contribution in [2.75, 3.05) is 13.6 Å². The molecule has 4 aromatic rings. The van der Waals surface area contributed by atoms with Crippen molar-refractivity contribution < 1.29 is 4.79 Å². The smallest absolute Gasteiger partial charge is 0.257 e. The molecule has 0 atom stereocenters. The number of carbonyl (C=O) groups excluding carboxylic acids is 1. The van der Waals surface area contributed by atoms with Crippen molar-refractivity contribution in [3.63, 3.8) is 0 Å². The summed E-state index contributed by atoms with van der Waals surface area (Å²) >= 11 is 0. The Kier molecular flexibility index (Phi) is 5.70. The number of pyridine rings is 1. The molecule has 0 radical (unpaired) electrons. The molecule has 30 heavy (non-hydrogen) atoms. The molecule has 0 unspecified atom stereocenters. The highest BCUT2D eigenvalue weighted by atomic mass is 16.2. The predicted molar refractivity (Wildman–Crippen MR) is 119 cm³/mol. The number of carbonyl (C=O) groups is 1. The average molecular weight is 396 g/mol. The average Bonchev–Trinajstić information content (AvgIpc) is 3.24. The molecule has 2 aromatic heterocycles. The summed E-state index contributed by atoms with van der Waals surface area (Å²) in [6, 6.07) is 23.8. The first-order valence-corrected chi connectivity index (χ1v) is 9.99.